The summed E-state index contributed by atoms with van der Waals surface area (Å²) in [7, 11) is 0. The third-order valence-corrected chi connectivity index (χ3v) is 4.74. The molecule has 4 heteroatoms. The third kappa shape index (κ3) is 1.79. The van der Waals surface area contributed by atoms with Crippen LogP contribution in [0.15, 0.2) is 36.0 Å². The van der Waals surface area contributed by atoms with Crippen molar-refractivity contribution in [1.82, 2.24) is 4.98 Å². The first-order valence-electron chi connectivity index (χ1n) is 5.18. The molecule has 0 saturated heterocycles. The lowest BCUT2D eigenvalue weighted by atomic mass is 10.1. The van der Waals surface area contributed by atoms with Gasteiger partial charge in [-0.1, -0.05) is 0 Å². The molecule has 0 saturated carbocycles. The van der Waals surface area contributed by atoms with Gasteiger partial charge in [0.1, 0.15) is 0 Å². The maximum atomic E-state index is 12.3. The molecule has 3 rings (SSSR count). The molecular weight excluding hydrogens is 250 g/mol. The molecule has 0 bridgehead atoms. The van der Waals surface area contributed by atoms with Crippen molar-refractivity contribution in [1.29, 1.82) is 0 Å². The summed E-state index contributed by atoms with van der Waals surface area (Å²) in [6.07, 6.45) is 3.35. The predicted octanol–water partition coefficient (Wildman–Crippen LogP) is 3.90. The smallest absolute Gasteiger partial charge is 0.204 e. The standard InChI is InChI=1S/C13H9NOS2/c1-8-2-4-14-7-9(8)13(15)12-6-11-10(17-12)3-5-16-11/h2-7H,1H3. The Morgan fingerprint density at radius 2 is 2.18 bits per heavy atom. The number of carbonyl (C=O) groups is 1. The van der Waals surface area contributed by atoms with Gasteiger partial charge in [-0.05, 0) is 36.1 Å². The van der Waals surface area contributed by atoms with Crippen molar-refractivity contribution in [3.05, 3.63) is 52.0 Å². The molecule has 0 fully saturated rings. The van der Waals surface area contributed by atoms with Crippen LogP contribution in [0, 0.1) is 6.92 Å². The SMILES string of the molecule is Cc1ccncc1C(=O)c1cc2sccc2s1. The molecule has 17 heavy (non-hydrogen) atoms. The van der Waals surface area contributed by atoms with E-state index in [4.69, 9.17) is 0 Å². The van der Waals surface area contributed by atoms with E-state index >= 15 is 0 Å². The zero-order valence-corrected chi connectivity index (χ0v) is 10.8. The molecule has 0 aliphatic heterocycles. The van der Waals surface area contributed by atoms with Crippen LogP contribution in [-0.2, 0) is 0 Å². The third-order valence-electron chi connectivity index (χ3n) is 2.65. The lowest BCUT2D eigenvalue weighted by Crippen LogP contribution is -2.01. The molecule has 0 aliphatic rings. The summed E-state index contributed by atoms with van der Waals surface area (Å²) in [5.41, 5.74) is 1.67. The number of hydrogen-bond acceptors (Lipinski definition) is 4. The number of aromatic nitrogens is 1. The van der Waals surface area contributed by atoms with Crippen LogP contribution < -0.4 is 0 Å². The first-order chi connectivity index (χ1) is 8.25. The van der Waals surface area contributed by atoms with Gasteiger partial charge in [0.25, 0.3) is 0 Å². The Morgan fingerprint density at radius 3 is 2.94 bits per heavy atom. The lowest BCUT2D eigenvalue weighted by molar-refractivity contribution is 0.104. The zero-order valence-electron chi connectivity index (χ0n) is 9.14. The van der Waals surface area contributed by atoms with E-state index in [1.54, 1.807) is 35.1 Å². The molecule has 0 atom stereocenters. The van der Waals surface area contributed by atoms with Gasteiger partial charge in [-0.15, -0.1) is 22.7 Å². The number of fused-ring (bicyclic) bond motifs is 1. The summed E-state index contributed by atoms with van der Waals surface area (Å²) < 4.78 is 2.36. The minimum absolute atomic E-state index is 0.0731. The van der Waals surface area contributed by atoms with Crippen molar-refractivity contribution in [2.75, 3.05) is 0 Å². The van der Waals surface area contributed by atoms with Crippen molar-refractivity contribution in [3.63, 3.8) is 0 Å². The molecule has 0 aromatic carbocycles. The highest BCUT2D eigenvalue weighted by Crippen LogP contribution is 2.31. The molecule has 0 unspecified atom stereocenters. The second-order valence-corrected chi connectivity index (χ2v) is 5.81. The predicted molar refractivity (Wildman–Crippen MR) is 72.1 cm³/mol. The number of pyridine rings is 1. The van der Waals surface area contributed by atoms with Crippen molar-refractivity contribution < 1.29 is 4.79 Å². The molecular formula is C13H9NOS2. The first-order valence-corrected chi connectivity index (χ1v) is 6.87. The fourth-order valence-corrected chi connectivity index (χ4v) is 3.77. The fourth-order valence-electron chi connectivity index (χ4n) is 1.71. The van der Waals surface area contributed by atoms with Crippen molar-refractivity contribution >= 4 is 37.9 Å². The monoisotopic (exact) mass is 259 g/mol. The van der Waals surface area contributed by atoms with Crippen LogP contribution in [-0.4, -0.2) is 10.8 Å². The van der Waals surface area contributed by atoms with Crippen LogP contribution in [0.1, 0.15) is 20.8 Å². The summed E-state index contributed by atoms with van der Waals surface area (Å²) >= 11 is 3.22. The Kier molecular flexibility index (Phi) is 2.53. The average Bonchev–Trinajstić information content (AvgIpc) is 2.88. The van der Waals surface area contributed by atoms with Gasteiger partial charge in [0.2, 0.25) is 5.78 Å². The summed E-state index contributed by atoms with van der Waals surface area (Å²) in [4.78, 5) is 17.1. The Bertz CT molecular complexity index is 668. The van der Waals surface area contributed by atoms with E-state index in [-0.39, 0.29) is 5.78 Å². The van der Waals surface area contributed by atoms with Crippen LogP contribution >= 0.6 is 22.7 Å². The van der Waals surface area contributed by atoms with Gasteiger partial charge in [0.05, 0.1) is 4.88 Å². The maximum absolute atomic E-state index is 12.3. The van der Waals surface area contributed by atoms with Gasteiger partial charge >= 0.3 is 0 Å². The van der Waals surface area contributed by atoms with E-state index in [9.17, 15) is 4.79 Å². The molecule has 3 aromatic rings. The fraction of sp³-hybridized carbons (Fsp3) is 0.0769. The lowest BCUT2D eigenvalue weighted by Gasteiger charge is -2.00. The summed E-state index contributed by atoms with van der Waals surface area (Å²) in [6, 6.07) is 5.89. The zero-order chi connectivity index (χ0) is 11.8. The first kappa shape index (κ1) is 10.6. The second kappa shape index (κ2) is 4.05. The van der Waals surface area contributed by atoms with Crippen LogP contribution in [0.25, 0.3) is 9.40 Å². The van der Waals surface area contributed by atoms with Gasteiger partial charge in [0, 0.05) is 27.4 Å². The van der Waals surface area contributed by atoms with Gasteiger partial charge in [-0.25, -0.2) is 0 Å². The number of rotatable bonds is 2. The quantitative estimate of drug-likeness (QED) is 0.653. The van der Waals surface area contributed by atoms with Crippen molar-refractivity contribution in [2.45, 2.75) is 6.92 Å². The van der Waals surface area contributed by atoms with Crippen LogP contribution in [0.3, 0.4) is 0 Å². The highest BCUT2D eigenvalue weighted by atomic mass is 32.1. The summed E-state index contributed by atoms with van der Waals surface area (Å²) in [6.45, 7) is 1.94. The normalized spacial score (nSPS) is 10.9. The molecule has 0 spiro atoms. The molecule has 0 radical (unpaired) electrons. The van der Waals surface area contributed by atoms with E-state index in [1.807, 2.05) is 24.4 Å². The van der Waals surface area contributed by atoms with E-state index in [2.05, 4.69) is 11.1 Å². The molecule has 84 valence electrons. The highest BCUT2D eigenvalue weighted by Gasteiger charge is 2.15. The maximum Gasteiger partial charge on any atom is 0.204 e. The largest absolute Gasteiger partial charge is 0.288 e. The van der Waals surface area contributed by atoms with Crippen molar-refractivity contribution in [3.8, 4) is 0 Å². The Morgan fingerprint density at radius 1 is 1.29 bits per heavy atom. The van der Waals surface area contributed by atoms with Crippen LogP contribution in [0.4, 0.5) is 0 Å². The van der Waals surface area contributed by atoms with E-state index in [0.717, 1.165) is 10.4 Å². The van der Waals surface area contributed by atoms with Gasteiger partial charge in [-0.3, -0.25) is 9.78 Å². The molecule has 0 amide bonds. The van der Waals surface area contributed by atoms with E-state index in [0.29, 0.717) is 5.56 Å². The number of thiophene rings is 2. The summed E-state index contributed by atoms with van der Waals surface area (Å²) in [5.74, 6) is 0.0731. The Labute approximate surface area is 107 Å². The minimum atomic E-state index is 0.0731. The van der Waals surface area contributed by atoms with Gasteiger partial charge < -0.3 is 0 Å². The topological polar surface area (TPSA) is 30.0 Å². The van der Waals surface area contributed by atoms with Crippen LogP contribution in [0.5, 0.6) is 0 Å². The van der Waals surface area contributed by atoms with Gasteiger partial charge in [-0.2, -0.15) is 0 Å². The minimum Gasteiger partial charge on any atom is -0.288 e. The number of nitrogens with zero attached hydrogens (tertiary/aromatic N) is 1. The van der Waals surface area contributed by atoms with E-state index in [1.165, 1.54) is 9.40 Å². The second-order valence-electron chi connectivity index (χ2n) is 3.78. The van der Waals surface area contributed by atoms with E-state index < -0.39 is 0 Å². The number of ketones is 1. The number of hydrogen-bond donors (Lipinski definition) is 0. The number of carbonyl (C=O) groups excluding carboxylic acids is 1. The molecule has 3 heterocycles. The summed E-state index contributed by atoms with van der Waals surface area (Å²) in [5, 5.41) is 2.05. The molecule has 0 aliphatic carbocycles. The molecule has 3 aromatic heterocycles. The molecule has 2 nitrogen and oxygen atoms in total. The highest BCUT2D eigenvalue weighted by molar-refractivity contribution is 7.28. The average molecular weight is 259 g/mol. The Hall–Kier alpha value is -1.52. The van der Waals surface area contributed by atoms with Crippen molar-refractivity contribution in [2.24, 2.45) is 0 Å². The molecule has 0 N–H and O–H groups in total. The number of aryl methyl sites for hydroxylation is 1. The Balaban J connectivity index is 2.08. The van der Waals surface area contributed by atoms with Crippen LogP contribution in [0.2, 0.25) is 0 Å². The van der Waals surface area contributed by atoms with Gasteiger partial charge in [0.15, 0.2) is 0 Å².